The number of hydrogen-bond donors (Lipinski definition) is 0. The minimum Gasteiger partial charge on any atom is -0.546 e. The van der Waals surface area contributed by atoms with E-state index in [-0.39, 0.29) is 0 Å². The number of carboxylic acids is 1. The van der Waals surface area contributed by atoms with Gasteiger partial charge in [-0.3, -0.25) is 5.01 Å². The molecular weight excluding hydrogens is 234 g/mol. The van der Waals surface area contributed by atoms with Gasteiger partial charge in [0.1, 0.15) is 11.9 Å². The summed E-state index contributed by atoms with van der Waals surface area (Å²) in [4.78, 5) is 10.7. The standard InChI is InChI=1S/C12H17N3O3/c1-4-11(12(16)17)18-10-7-5-9(6-8-10)13-14-15(2)3/h5-8,11H,4H2,1-3H3,(H,16,17)/p-1. The molecule has 0 heterocycles. The molecule has 0 radical (unpaired) electrons. The Morgan fingerprint density at radius 2 is 2.00 bits per heavy atom. The highest BCUT2D eigenvalue weighted by Crippen LogP contribution is 2.19. The lowest BCUT2D eigenvalue weighted by Gasteiger charge is -2.18. The highest BCUT2D eigenvalue weighted by Gasteiger charge is 2.08. The van der Waals surface area contributed by atoms with Crippen LogP contribution >= 0.6 is 0 Å². The highest BCUT2D eigenvalue weighted by molar-refractivity contribution is 5.70. The van der Waals surface area contributed by atoms with Gasteiger partial charge in [-0.25, -0.2) is 0 Å². The third kappa shape index (κ3) is 4.40. The molecule has 0 spiro atoms. The number of carboxylic acid groups (broad SMARTS) is 1. The van der Waals surface area contributed by atoms with Crippen molar-refractivity contribution < 1.29 is 14.6 Å². The first-order valence-electron chi connectivity index (χ1n) is 5.59. The number of carbonyl (C=O) groups is 1. The minimum absolute atomic E-state index is 0.352. The summed E-state index contributed by atoms with van der Waals surface area (Å²) in [5, 5.41) is 20.1. The van der Waals surface area contributed by atoms with Crippen LogP contribution in [0.3, 0.4) is 0 Å². The number of ether oxygens (including phenoxy) is 1. The molecule has 0 amide bonds. The largest absolute Gasteiger partial charge is 0.546 e. The maximum absolute atomic E-state index is 10.7. The van der Waals surface area contributed by atoms with Crippen LogP contribution in [0.5, 0.6) is 5.75 Å². The van der Waals surface area contributed by atoms with Gasteiger partial charge in [0.15, 0.2) is 0 Å². The second-order valence-corrected chi connectivity index (χ2v) is 3.86. The molecule has 6 heteroatoms. The van der Waals surface area contributed by atoms with Crippen molar-refractivity contribution >= 4 is 11.7 Å². The van der Waals surface area contributed by atoms with E-state index in [0.717, 1.165) is 0 Å². The van der Waals surface area contributed by atoms with E-state index in [1.807, 2.05) is 0 Å². The lowest BCUT2D eigenvalue weighted by Crippen LogP contribution is -2.39. The number of carbonyl (C=O) groups excluding carboxylic acids is 1. The molecule has 0 saturated carbocycles. The van der Waals surface area contributed by atoms with E-state index in [1.54, 1.807) is 50.3 Å². The fourth-order valence-electron chi connectivity index (χ4n) is 1.19. The summed E-state index contributed by atoms with van der Waals surface area (Å²) in [5.74, 6) is -0.747. The van der Waals surface area contributed by atoms with E-state index in [9.17, 15) is 9.90 Å². The van der Waals surface area contributed by atoms with Crippen molar-refractivity contribution in [3.63, 3.8) is 0 Å². The van der Waals surface area contributed by atoms with Gasteiger partial charge < -0.3 is 14.6 Å². The van der Waals surface area contributed by atoms with Crippen molar-refractivity contribution in [2.45, 2.75) is 19.4 Å². The van der Waals surface area contributed by atoms with E-state index in [1.165, 1.54) is 0 Å². The lowest BCUT2D eigenvalue weighted by atomic mass is 10.2. The van der Waals surface area contributed by atoms with Crippen LogP contribution < -0.4 is 9.84 Å². The van der Waals surface area contributed by atoms with Crippen LogP contribution in [0.15, 0.2) is 34.6 Å². The van der Waals surface area contributed by atoms with Gasteiger partial charge in [-0.15, -0.1) is 5.11 Å². The Hall–Kier alpha value is -2.11. The monoisotopic (exact) mass is 250 g/mol. The van der Waals surface area contributed by atoms with E-state index >= 15 is 0 Å². The van der Waals surface area contributed by atoms with Crippen molar-refractivity contribution in [1.29, 1.82) is 0 Å². The van der Waals surface area contributed by atoms with E-state index in [4.69, 9.17) is 4.74 Å². The SMILES string of the molecule is CCC(Oc1ccc(N=NN(C)C)cc1)C(=O)[O-]. The zero-order valence-electron chi connectivity index (χ0n) is 10.7. The van der Waals surface area contributed by atoms with Gasteiger partial charge in [0.2, 0.25) is 0 Å². The van der Waals surface area contributed by atoms with Crippen LogP contribution in [0.2, 0.25) is 0 Å². The summed E-state index contributed by atoms with van der Waals surface area (Å²) in [6.45, 7) is 1.72. The molecule has 0 N–H and O–H groups in total. The van der Waals surface area contributed by atoms with Gasteiger partial charge in [0, 0.05) is 14.1 Å². The van der Waals surface area contributed by atoms with Crippen molar-refractivity contribution in [2.24, 2.45) is 10.3 Å². The molecule has 1 atom stereocenters. The average Bonchev–Trinajstić information content (AvgIpc) is 2.34. The van der Waals surface area contributed by atoms with Crippen molar-refractivity contribution in [1.82, 2.24) is 5.01 Å². The molecule has 1 aromatic rings. The topological polar surface area (TPSA) is 77.3 Å². The predicted octanol–water partition coefficient (Wildman–Crippen LogP) is 1.15. The third-order valence-corrected chi connectivity index (χ3v) is 2.09. The van der Waals surface area contributed by atoms with Crippen LogP contribution in [0.4, 0.5) is 5.69 Å². The average molecular weight is 250 g/mol. The molecule has 0 aliphatic rings. The molecule has 1 rings (SSSR count). The summed E-state index contributed by atoms with van der Waals surface area (Å²) in [5.41, 5.74) is 0.664. The van der Waals surface area contributed by atoms with Gasteiger partial charge in [-0.2, -0.15) is 0 Å². The molecule has 0 saturated heterocycles. The quantitative estimate of drug-likeness (QED) is 0.560. The Bertz CT molecular complexity index is 415. The molecular formula is C12H16N3O3-. The van der Waals surface area contributed by atoms with E-state index in [0.29, 0.717) is 17.9 Å². The maximum Gasteiger partial charge on any atom is 0.138 e. The highest BCUT2D eigenvalue weighted by atomic mass is 16.5. The molecule has 18 heavy (non-hydrogen) atoms. The predicted molar refractivity (Wildman–Crippen MR) is 64.4 cm³/mol. The first kappa shape index (κ1) is 14.0. The second-order valence-electron chi connectivity index (χ2n) is 3.86. The Morgan fingerprint density at radius 1 is 1.39 bits per heavy atom. The van der Waals surface area contributed by atoms with Crippen LogP contribution in [-0.4, -0.2) is 31.2 Å². The first-order chi connectivity index (χ1) is 8.52. The number of rotatable bonds is 6. The van der Waals surface area contributed by atoms with Crippen molar-refractivity contribution in [2.75, 3.05) is 14.1 Å². The molecule has 0 aliphatic heterocycles. The normalized spacial score (nSPS) is 12.4. The molecule has 0 fully saturated rings. The summed E-state index contributed by atoms with van der Waals surface area (Å²) >= 11 is 0. The second kappa shape index (κ2) is 6.58. The zero-order chi connectivity index (χ0) is 13.5. The summed E-state index contributed by atoms with van der Waals surface area (Å²) < 4.78 is 5.26. The molecule has 98 valence electrons. The van der Waals surface area contributed by atoms with Gasteiger partial charge in [-0.05, 0) is 30.7 Å². The number of nitrogens with zero attached hydrogens (tertiary/aromatic N) is 3. The van der Waals surface area contributed by atoms with Crippen molar-refractivity contribution in [3.8, 4) is 5.75 Å². The summed E-state index contributed by atoms with van der Waals surface area (Å²) in [6, 6.07) is 6.69. The smallest absolute Gasteiger partial charge is 0.138 e. The number of benzene rings is 1. The van der Waals surface area contributed by atoms with E-state index < -0.39 is 12.1 Å². The van der Waals surface area contributed by atoms with Gasteiger partial charge >= 0.3 is 0 Å². The Labute approximate surface area is 106 Å². The molecule has 0 aromatic heterocycles. The molecule has 1 unspecified atom stereocenters. The fraction of sp³-hybridized carbons (Fsp3) is 0.417. The van der Waals surface area contributed by atoms with E-state index in [2.05, 4.69) is 10.3 Å². The first-order valence-corrected chi connectivity index (χ1v) is 5.59. The Kier molecular flexibility index (Phi) is 5.10. The summed E-state index contributed by atoms with van der Waals surface area (Å²) in [7, 11) is 3.54. The molecule has 6 nitrogen and oxygen atoms in total. The molecule has 0 bridgehead atoms. The Morgan fingerprint density at radius 3 is 2.44 bits per heavy atom. The zero-order valence-corrected chi connectivity index (χ0v) is 10.7. The molecule has 0 aliphatic carbocycles. The van der Waals surface area contributed by atoms with Crippen LogP contribution in [-0.2, 0) is 4.79 Å². The third-order valence-electron chi connectivity index (χ3n) is 2.09. The number of aliphatic carboxylic acids is 1. The fourth-order valence-corrected chi connectivity index (χ4v) is 1.19. The Balaban J connectivity index is 2.68. The van der Waals surface area contributed by atoms with Crippen LogP contribution in [0.1, 0.15) is 13.3 Å². The minimum atomic E-state index is -1.21. The van der Waals surface area contributed by atoms with Crippen LogP contribution in [0.25, 0.3) is 0 Å². The van der Waals surface area contributed by atoms with Crippen LogP contribution in [0, 0.1) is 0 Å². The summed E-state index contributed by atoms with van der Waals surface area (Å²) in [6.07, 6.45) is -0.580. The van der Waals surface area contributed by atoms with Gasteiger partial charge in [-0.1, -0.05) is 12.1 Å². The van der Waals surface area contributed by atoms with Crippen molar-refractivity contribution in [3.05, 3.63) is 24.3 Å². The van der Waals surface area contributed by atoms with Gasteiger partial charge in [0.05, 0.1) is 11.7 Å². The maximum atomic E-state index is 10.7. The number of hydrogen-bond acceptors (Lipinski definition) is 5. The lowest BCUT2D eigenvalue weighted by molar-refractivity contribution is -0.313. The van der Waals surface area contributed by atoms with Gasteiger partial charge in [0.25, 0.3) is 0 Å². The molecule has 1 aromatic carbocycles.